The zero-order valence-electron chi connectivity index (χ0n) is 10.3. The van der Waals surface area contributed by atoms with Crippen molar-refractivity contribution in [2.75, 3.05) is 18.0 Å². The SMILES string of the molecule is O=C(O)CC1CN(c2cc3ccccc3c(=O)[nH]2)C1. The highest BCUT2D eigenvalue weighted by atomic mass is 16.4. The van der Waals surface area contributed by atoms with Crippen molar-refractivity contribution in [3.63, 3.8) is 0 Å². The maximum Gasteiger partial charge on any atom is 0.303 e. The highest BCUT2D eigenvalue weighted by Crippen LogP contribution is 2.25. The van der Waals surface area contributed by atoms with Gasteiger partial charge in [0.05, 0.1) is 6.42 Å². The molecule has 0 saturated carbocycles. The van der Waals surface area contributed by atoms with Gasteiger partial charge in [0.25, 0.3) is 5.56 Å². The zero-order chi connectivity index (χ0) is 13.4. The minimum absolute atomic E-state index is 0.102. The van der Waals surface area contributed by atoms with Crippen molar-refractivity contribution >= 4 is 22.6 Å². The number of H-pyrrole nitrogens is 1. The number of rotatable bonds is 3. The molecular weight excluding hydrogens is 244 g/mol. The lowest BCUT2D eigenvalue weighted by molar-refractivity contribution is -0.138. The summed E-state index contributed by atoms with van der Waals surface area (Å²) in [5, 5.41) is 10.3. The summed E-state index contributed by atoms with van der Waals surface area (Å²) in [6.45, 7) is 1.36. The van der Waals surface area contributed by atoms with Crippen LogP contribution in [-0.2, 0) is 4.79 Å². The number of hydrogen-bond acceptors (Lipinski definition) is 3. The molecule has 1 aliphatic rings. The van der Waals surface area contributed by atoms with Gasteiger partial charge in [0.2, 0.25) is 0 Å². The molecule has 0 atom stereocenters. The lowest BCUT2D eigenvalue weighted by Crippen LogP contribution is -2.48. The first-order valence-electron chi connectivity index (χ1n) is 6.22. The molecule has 1 saturated heterocycles. The standard InChI is InChI=1S/C14H14N2O3/c17-13(18)5-9-7-16(8-9)12-6-10-3-1-2-4-11(10)14(19)15-12/h1-4,6,9H,5,7-8H2,(H,15,19)(H,17,18). The molecule has 1 fully saturated rings. The number of carboxylic acids is 1. The first-order valence-corrected chi connectivity index (χ1v) is 6.22. The van der Waals surface area contributed by atoms with Gasteiger partial charge in [-0.3, -0.25) is 9.59 Å². The van der Waals surface area contributed by atoms with Gasteiger partial charge in [0.15, 0.2) is 0 Å². The Morgan fingerprint density at radius 2 is 2.11 bits per heavy atom. The Bertz CT molecular complexity index is 686. The molecule has 1 aromatic carbocycles. The maximum atomic E-state index is 11.9. The van der Waals surface area contributed by atoms with E-state index in [4.69, 9.17) is 5.11 Å². The summed E-state index contributed by atoms with van der Waals surface area (Å²) in [7, 11) is 0. The van der Waals surface area contributed by atoms with Crippen molar-refractivity contribution in [2.24, 2.45) is 5.92 Å². The molecule has 0 spiro atoms. The minimum Gasteiger partial charge on any atom is -0.481 e. The molecule has 0 radical (unpaired) electrons. The van der Waals surface area contributed by atoms with Crippen LogP contribution in [0.5, 0.6) is 0 Å². The Hall–Kier alpha value is -2.30. The van der Waals surface area contributed by atoms with E-state index in [0.29, 0.717) is 18.5 Å². The predicted molar refractivity (Wildman–Crippen MR) is 72.5 cm³/mol. The van der Waals surface area contributed by atoms with Crippen LogP contribution in [0, 0.1) is 5.92 Å². The molecule has 5 heteroatoms. The van der Waals surface area contributed by atoms with Crippen molar-refractivity contribution < 1.29 is 9.90 Å². The van der Waals surface area contributed by atoms with E-state index >= 15 is 0 Å². The van der Waals surface area contributed by atoms with Crippen molar-refractivity contribution in [1.82, 2.24) is 4.98 Å². The molecule has 19 heavy (non-hydrogen) atoms. The summed E-state index contributed by atoms with van der Waals surface area (Å²) in [4.78, 5) is 27.4. The number of aromatic amines is 1. The van der Waals surface area contributed by atoms with Gasteiger partial charge >= 0.3 is 5.97 Å². The lowest BCUT2D eigenvalue weighted by atomic mass is 9.96. The highest BCUT2D eigenvalue weighted by molar-refractivity contribution is 5.83. The normalized spacial score (nSPS) is 15.5. The third-order valence-electron chi connectivity index (χ3n) is 3.50. The van der Waals surface area contributed by atoms with Crippen LogP contribution in [0.15, 0.2) is 35.1 Å². The van der Waals surface area contributed by atoms with Crippen LogP contribution in [0.3, 0.4) is 0 Å². The van der Waals surface area contributed by atoms with Crippen LogP contribution in [0.4, 0.5) is 5.82 Å². The van der Waals surface area contributed by atoms with Crippen LogP contribution >= 0.6 is 0 Å². The van der Waals surface area contributed by atoms with Crippen LogP contribution in [0.25, 0.3) is 10.8 Å². The molecular formula is C14H14N2O3. The van der Waals surface area contributed by atoms with Crippen LogP contribution in [0.2, 0.25) is 0 Å². The molecule has 2 N–H and O–H groups in total. The number of anilines is 1. The number of carbonyl (C=O) groups is 1. The quantitative estimate of drug-likeness (QED) is 0.873. The van der Waals surface area contributed by atoms with Crippen molar-refractivity contribution in [1.29, 1.82) is 0 Å². The average Bonchev–Trinajstić information content (AvgIpc) is 2.33. The second-order valence-electron chi connectivity index (χ2n) is 4.94. The second kappa shape index (κ2) is 4.42. The van der Waals surface area contributed by atoms with E-state index in [1.54, 1.807) is 6.07 Å². The number of aliphatic carboxylic acids is 1. The number of nitrogens with one attached hydrogen (secondary N) is 1. The Morgan fingerprint density at radius 1 is 1.37 bits per heavy atom. The number of carboxylic acid groups (broad SMARTS) is 1. The van der Waals surface area contributed by atoms with E-state index < -0.39 is 5.97 Å². The van der Waals surface area contributed by atoms with Crippen LogP contribution in [-0.4, -0.2) is 29.1 Å². The highest BCUT2D eigenvalue weighted by Gasteiger charge is 2.29. The maximum absolute atomic E-state index is 11.9. The summed E-state index contributed by atoms with van der Waals surface area (Å²) >= 11 is 0. The molecule has 5 nitrogen and oxygen atoms in total. The second-order valence-corrected chi connectivity index (χ2v) is 4.94. The summed E-state index contributed by atoms with van der Waals surface area (Å²) in [5.41, 5.74) is -0.102. The molecule has 0 bridgehead atoms. The van der Waals surface area contributed by atoms with E-state index in [1.807, 2.05) is 29.2 Å². The largest absolute Gasteiger partial charge is 0.481 e. The monoisotopic (exact) mass is 258 g/mol. The number of aromatic nitrogens is 1. The molecule has 0 unspecified atom stereocenters. The van der Waals surface area contributed by atoms with Gasteiger partial charge < -0.3 is 15.0 Å². The van der Waals surface area contributed by atoms with Gasteiger partial charge in [0, 0.05) is 24.4 Å². The Kier molecular flexibility index (Phi) is 2.74. The number of benzene rings is 1. The van der Waals surface area contributed by atoms with E-state index in [-0.39, 0.29) is 17.9 Å². The summed E-state index contributed by atoms with van der Waals surface area (Å²) < 4.78 is 0. The van der Waals surface area contributed by atoms with Gasteiger partial charge in [-0.25, -0.2) is 0 Å². The number of nitrogens with zero attached hydrogens (tertiary/aromatic N) is 1. The number of pyridine rings is 1. The number of fused-ring (bicyclic) bond motifs is 1. The van der Waals surface area contributed by atoms with Gasteiger partial charge in [-0.05, 0) is 17.5 Å². The molecule has 2 aromatic rings. The molecule has 1 aromatic heterocycles. The fourth-order valence-electron chi connectivity index (χ4n) is 2.51. The van der Waals surface area contributed by atoms with Gasteiger partial charge in [-0.1, -0.05) is 18.2 Å². The van der Waals surface area contributed by atoms with Crippen molar-refractivity contribution in [2.45, 2.75) is 6.42 Å². The average molecular weight is 258 g/mol. The molecule has 0 amide bonds. The Labute approximate surface area is 109 Å². The zero-order valence-corrected chi connectivity index (χ0v) is 10.3. The minimum atomic E-state index is -0.767. The fourth-order valence-corrected chi connectivity index (χ4v) is 2.51. The first-order chi connectivity index (χ1) is 9.13. The topological polar surface area (TPSA) is 73.4 Å². The third kappa shape index (κ3) is 2.19. The van der Waals surface area contributed by atoms with Crippen molar-refractivity contribution in [3.8, 4) is 0 Å². The fraction of sp³-hybridized carbons (Fsp3) is 0.286. The van der Waals surface area contributed by atoms with Gasteiger partial charge in [-0.15, -0.1) is 0 Å². The predicted octanol–water partition coefficient (Wildman–Crippen LogP) is 1.44. The molecule has 2 heterocycles. The Balaban J connectivity index is 1.84. The van der Waals surface area contributed by atoms with Gasteiger partial charge in [0.1, 0.15) is 5.82 Å². The summed E-state index contributed by atoms with van der Waals surface area (Å²) in [6.07, 6.45) is 0.189. The van der Waals surface area contributed by atoms with Crippen LogP contribution in [0.1, 0.15) is 6.42 Å². The number of hydrogen-bond donors (Lipinski definition) is 2. The van der Waals surface area contributed by atoms with E-state index in [2.05, 4.69) is 4.98 Å². The smallest absolute Gasteiger partial charge is 0.303 e. The van der Waals surface area contributed by atoms with Gasteiger partial charge in [-0.2, -0.15) is 0 Å². The molecule has 3 rings (SSSR count). The van der Waals surface area contributed by atoms with E-state index in [9.17, 15) is 9.59 Å². The molecule has 0 aliphatic carbocycles. The third-order valence-corrected chi connectivity index (χ3v) is 3.50. The summed E-state index contributed by atoms with van der Waals surface area (Å²) in [5.74, 6) is 0.175. The van der Waals surface area contributed by atoms with E-state index in [1.165, 1.54) is 0 Å². The first kappa shape index (κ1) is 11.8. The van der Waals surface area contributed by atoms with Crippen LogP contribution < -0.4 is 10.5 Å². The molecule has 98 valence electrons. The summed E-state index contributed by atoms with van der Waals surface area (Å²) in [6, 6.07) is 9.37. The Morgan fingerprint density at radius 3 is 2.84 bits per heavy atom. The molecule has 1 aliphatic heterocycles. The lowest BCUT2D eigenvalue weighted by Gasteiger charge is -2.39. The van der Waals surface area contributed by atoms with Crippen molar-refractivity contribution in [3.05, 3.63) is 40.7 Å². The van der Waals surface area contributed by atoms with E-state index in [0.717, 1.165) is 11.2 Å².